The van der Waals surface area contributed by atoms with Crippen molar-refractivity contribution in [3.05, 3.63) is 34.4 Å². The van der Waals surface area contributed by atoms with Crippen LogP contribution in [0.5, 0.6) is 0 Å². The Bertz CT molecular complexity index is 808. The van der Waals surface area contributed by atoms with Crippen LogP contribution in [-0.2, 0) is 4.79 Å². The number of carbonyl (C=O) groups is 1. The first-order valence-electron chi connectivity index (χ1n) is 8.20. The predicted octanol–water partition coefficient (Wildman–Crippen LogP) is 2.95. The summed E-state index contributed by atoms with van der Waals surface area (Å²) in [5, 5.41) is 0.602. The molecule has 1 amide bonds. The van der Waals surface area contributed by atoms with E-state index in [2.05, 4.69) is 16.9 Å². The van der Waals surface area contributed by atoms with Crippen LogP contribution >= 0.6 is 11.8 Å². The highest BCUT2D eigenvalue weighted by Crippen LogP contribution is 2.22. The molecule has 2 heterocycles. The molecule has 0 spiro atoms. The fourth-order valence-electron chi connectivity index (χ4n) is 3.12. The fourth-order valence-corrected chi connectivity index (χ4v) is 3.88. The van der Waals surface area contributed by atoms with Gasteiger partial charge in [-0.3, -0.25) is 9.59 Å². The quantitative estimate of drug-likeness (QED) is 0.681. The molecule has 0 bridgehead atoms. The number of piperidine rings is 1. The monoisotopic (exact) mass is 349 g/mol. The van der Waals surface area contributed by atoms with E-state index in [1.807, 2.05) is 4.90 Å². The first-order valence-corrected chi connectivity index (χ1v) is 9.19. The molecule has 1 saturated heterocycles. The van der Waals surface area contributed by atoms with Crippen molar-refractivity contribution in [2.24, 2.45) is 0 Å². The number of aromatic nitrogens is 2. The van der Waals surface area contributed by atoms with Gasteiger partial charge in [-0.2, -0.15) is 0 Å². The molecule has 1 aromatic heterocycles. The van der Waals surface area contributed by atoms with Crippen molar-refractivity contribution in [2.75, 3.05) is 12.3 Å². The molecule has 1 fully saturated rings. The standard InChI is InChI=1S/C17H20FN3O2S/c1-2-12-5-3-4-8-21(12)15(22)10-24-17-19-14-7-6-11(18)9-13(14)16(23)20-17/h6-7,9,12H,2-5,8,10H2,1H3,(H,19,20,23). The summed E-state index contributed by atoms with van der Waals surface area (Å²) >= 11 is 1.22. The van der Waals surface area contributed by atoms with E-state index in [0.717, 1.165) is 25.8 Å². The number of nitrogens with zero attached hydrogens (tertiary/aromatic N) is 2. The minimum Gasteiger partial charge on any atom is -0.339 e. The van der Waals surface area contributed by atoms with Gasteiger partial charge >= 0.3 is 0 Å². The van der Waals surface area contributed by atoms with Crippen molar-refractivity contribution >= 4 is 28.6 Å². The lowest BCUT2D eigenvalue weighted by Crippen LogP contribution is -2.44. The number of halogens is 1. The molecular formula is C17H20FN3O2S. The van der Waals surface area contributed by atoms with Crippen molar-refractivity contribution in [3.63, 3.8) is 0 Å². The molecule has 2 aromatic rings. The Kier molecular flexibility index (Phi) is 5.18. The number of benzene rings is 1. The predicted molar refractivity (Wildman–Crippen MR) is 92.7 cm³/mol. The van der Waals surface area contributed by atoms with Gasteiger partial charge in [-0.15, -0.1) is 0 Å². The van der Waals surface area contributed by atoms with Crippen LogP contribution in [0, 0.1) is 5.82 Å². The Morgan fingerprint density at radius 3 is 3.08 bits per heavy atom. The van der Waals surface area contributed by atoms with E-state index >= 15 is 0 Å². The second-order valence-corrected chi connectivity index (χ2v) is 6.93. The van der Waals surface area contributed by atoms with Crippen molar-refractivity contribution in [2.45, 2.75) is 43.8 Å². The number of hydrogen-bond donors (Lipinski definition) is 1. The molecule has 7 heteroatoms. The second kappa shape index (κ2) is 7.34. The number of nitrogens with one attached hydrogen (secondary N) is 1. The zero-order valence-electron chi connectivity index (χ0n) is 13.5. The average molecular weight is 349 g/mol. The topological polar surface area (TPSA) is 66.1 Å². The van der Waals surface area contributed by atoms with Crippen molar-refractivity contribution in [1.82, 2.24) is 14.9 Å². The molecule has 1 N–H and O–H groups in total. The smallest absolute Gasteiger partial charge is 0.259 e. The summed E-state index contributed by atoms with van der Waals surface area (Å²) in [4.78, 5) is 33.4. The summed E-state index contributed by atoms with van der Waals surface area (Å²) < 4.78 is 13.2. The van der Waals surface area contributed by atoms with Crippen LogP contribution in [0.3, 0.4) is 0 Å². The summed E-state index contributed by atoms with van der Waals surface area (Å²) in [6.45, 7) is 2.91. The lowest BCUT2D eigenvalue weighted by molar-refractivity contribution is -0.132. The Hall–Kier alpha value is -1.89. The Balaban J connectivity index is 1.72. The normalized spacial score (nSPS) is 18.1. The van der Waals surface area contributed by atoms with Gasteiger partial charge in [0.1, 0.15) is 5.82 Å². The SMILES string of the molecule is CCC1CCCCN1C(=O)CSc1nc2ccc(F)cc2c(=O)[nH]1. The average Bonchev–Trinajstić information content (AvgIpc) is 2.60. The molecule has 1 aliphatic heterocycles. The summed E-state index contributed by atoms with van der Waals surface area (Å²) in [6, 6.07) is 4.23. The van der Waals surface area contributed by atoms with Gasteiger partial charge < -0.3 is 9.88 Å². The van der Waals surface area contributed by atoms with Crippen LogP contribution in [0.4, 0.5) is 4.39 Å². The van der Waals surface area contributed by atoms with Gasteiger partial charge in [0.25, 0.3) is 5.56 Å². The highest BCUT2D eigenvalue weighted by molar-refractivity contribution is 7.99. The van der Waals surface area contributed by atoms with Crippen LogP contribution in [0.15, 0.2) is 28.2 Å². The van der Waals surface area contributed by atoms with E-state index in [9.17, 15) is 14.0 Å². The lowest BCUT2D eigenvalue weighted by atomic mass is 10.0. The molecule has 1 aromatic carbocycles. The van der Waals surface area contributed by atoms with Gasteiger partial charge in [-0.1, -0.05) is 18.7 Å². The maximum Gasteiger partial charge on any atom is 0.259 e. The molecule has 0 saturated carbocycles. The van der Waals surface area contributed by atoms with Gasteiger partial charge in [0.15, 0.2) is 5.16 Å². The number of amides is 1. The summed E-state index contributed by atoms with van der Waals surface area (Å²) in [7, 11) is 0. The van der Waals surface area contributed by atoms with Crippen LogP contribution in [0.25, 0.3) is 10.9 Å². The Morgan fingerprint density at radius 1 is 1.46 bits per heavy atom. The van der Waals surface area contributed by atoms with Crippen molar-refractivity contribution < 1.29 is 9.18 Å². The number of hydrogen-bond acceptors (Lipinski definition) is 4. The maximum absolute atomic E-state index is 13.2. The van der Waals surface area contributed by atoms with Gasteiger partial charge in [0.05, 0.1) is 16.7 Å². The summed E-state index contributed by atoms with van der Waals surface area (Å²) in [5.74, 6) is -0.152. The van der Waals surface area contributed by atoms with E-state index < -0.39 is 5.82 Å². The molecule has 0 radical (unpaired) electrons. The van der Waals surface area contributed by atoms with E-state index in [1.165, 1.54) is 36.4 Å². The van der Waals surface area contributed by atoms with E-state index in [4.69, 9.17) is 0 Å². The van der Waals surface area contributed by atoms with Crippen molar-refractivity contribution in [3.8, 4) is 0 Å². The number of aromatic amines is 1. The highest BCUT2D eigenvalue weighted by atomic mass is 32.2. The van der Waals surface area contributed by atoms with Crippen LogP contribution < -0.4 is 5.56 Å². The van der Waals surface area contributed by atoms with Crippen LogP contribution in [0.1, 0.15) is 32.6 Å². The fraction of sp³-hybridized carbons (Fsp3) is 0.471. The number of H-pyrrole nitrogens is 1. The third kappa shape index (κ3) is 3.61. The highest BCUT2D eigenvalue weighted by Gasteiger charge is 2.25. The molecule has 24 heavy (non-hydrogen) atoms. The Labute approximate surface area is 143 Å². The third-order valence-electron chi connectivity index (χ3n) is 4.40. The maximum atomic E-state index is 13.2. The number of carbonyl (C=O) groups excluding carboxylic acids is 1. The largest absolute Gasteiger partial charge is 0.339 e. The Morgan fingerprint density at radius 2 is 2.29 bits per heavy atom. The first kappa shape index (κ1) is 17.0. The molecule has 128 valence electrons. The molecule has 1 unspecified atom stereocenters. The number of thioether (sulfide) groups is 1. The molecular weight excluding hydrogens is 329 g/mol. The zero-order chi connectivity index (χ0) is 17.1. The third-order valence-corrected chi connectivity index (χ3v) is 5.25. The molecule has 3 rings (SSSR count). The van der Waals surface area contributed by atoms with Crippen LogP contribution in [-0.4, -0.2) is 39.1 Å². The van der Waals surface area contributed by atoms with E-state index in [0.29, 0.717) is 16.7 Å². The molecule has 1 atom stereocenters. The van der Waals surface area contributed by atoms with Crippen molar-refractivity contribution in [1.29, 1.82) is 0 Å². The van der Waals surface area contributed by atoms with E-state index in [1.54, 1.807) is 0 Å². The van der Waals surface area contributed by atoms with Gasteiger partial charge in [0.2, 0.25) is 5.91 Å². The van der Waals surface area contributed by atoms with E-state index in [-0.39, 0.29) is 22.6 Å². The number of rotatable bonds is 4. The van der Waals surface area contributed by atoms with Crippen LogP contribution in [0.2, 0.25) is 0 Å². The van der Waals surface area contributed by atoms with Gasteiger partial charge in [-0.25, -0.2) is 9.37 Å². The minimum atomic E-state index is -0.471. The minimum absolute atomic E-state index is 0.0772. The summed E-state index contributed by atoms with van der Waals surface area (Å²) in [5.41, 5.74) is 0.0402. The number of fused-ring (bicyclic) bond motifs is 1. The molecule has 1 aliphatic rings. The first-order chi connectivity index (χ1) is 11.6. The molecule has 0 aliphatic carbocycles. The lowest BCUT2D eigenvalue weighted by Gasteiger charge is -2.35. The van der Waals surface area contributed by atoms with Gasteiger partial charge in [-0.05, 0) is 43.9 Å². The molecule has 5 nitrogen and oxygen atoms in total. The summed E-state index contributed by atoms with van der Waals surface area (Å²) in [6.07, 6.45) is 4.24. The van der Waals surface area contributed by atoms with Gasteiger partial charge in [0, 0.05) is 12.6 Å². The zero-order valence-corrected chi connectivity index (χ0v) is 14.4. The number of likely N-dealkylation sites (tertiary alicyclic amines) is 1. The second-order valence-electron chi connectivity index (χ2n) is 5.97.